The van der Waals surface area contributed by atoms with Crippen LogP contribution in [0.15, 0.2) is 164 Å². The van der Waals surface area contributed by atoms with Crippen molar-refractivity contribution in [2.75, 3.05) is 0 Å². The highest BCUT2D eigenvalue weighted by atomic mass is 15.0. The molecule has 1 aliphatic rings. The molecule has 0 saturated heterocycles. The van der Waals surface area contributed by atoms with Gasteiger partial charge >= 0.3 is 0 Å². The SMILES string of the molecule is CC1C=CC=C(c2ccc3c(c2)c2cc(-c4ccc(-c5cc6ccccc6c6ccccc56)cc4)ccc2n3-c2ccccc2)C1. The fourth-order valence-corrected chi connectivity index (χ4v) is 7.45. The van der Waals surface area contributed by atoms with E-state index in [0.29, 0.717) is 5.92 Å². The first-order chi connectivity index (χ1) is 22.7. The molecule has 0 radical (unpaired) electrons. The van der Waals surface area contributed by atoms with Crippen LogP contribution in [-0.2, 0) is 0 Å². The molecule has 8 aromatic rings. The van der Waals surface area contributed by atoms with Gasteiger partial charge in [-0.2, -0.15) is 0 Å². The predicted molar refractivity (Wildman–Crippen MR) is 198 cm³/mol. The van der Waals surface area contributed by atoms with Crippen LogP contribution in [0.3, 0.4) is 0 Å². The summed E-state index contributed by atoms with van der Waals surface area (Å²) in [5, 5.41) is 7.74. The van der Waals surface area contributed by atoms with Crippen molar-refractivity contribution in [2.24, 2.45) is 5.92 Å². The number of hydrogen-bond donors (Lipinski definition) is 0. The maximum Gasteiger partial charge on any atom is 0.0541 e. The molecule has 9 rings (SSSR count). The molecule has 1 heterocycles. The first kappa shape index (κ1) is 26.7. The van der Waals surface area contributed by atoms with Crippen molar-refractivity contribution in [3.8, 4) is 27.9 Å². The van der Waals surface area contributed by atoms with Gasteiger partial charge in [-0.25, -0.2) is 0 Å². The highest BCUT2D eigenvalue weighted by molar-refractivity contribution is 6.14. The van der Waals surface area contributed by atoms with Gasteiger partial charge in [-0.1, -0.05) is 128 Å². The Morgan fingerprint density at radius 1 is 0.500 bits per heavy atom. The van der Waals surface area contributed by atoms with Crippen molar-refractivity contribution in [1.29, 1.82) is 0 Å². The van der Waals surface area contributed by atoms with E-state index in [9.17, 15) is 0 Å². The van der Waals surface area contributed by atoms with E-state index in [1.807, 2.05) is 0 Å². The molecule has 1 atom stereocenters. The Hall–Kier alpha value is -5.66. The normalized spacial score (nSPS) is 14.8. The molecule has 1 aliphatic carbocycles. The van der Waals surface area contributed by atoms with E-state index in [0.717, 1.165) is 6.42 Å². The van der Waals surface area contributed by atoms with Gasteiger partial charge in [0.25, 0.3) is 0 Å². The fourth-order valence-electron chi connectivity index (χ4n) is 7.45. The third-order valence-electron chi connectivity index (χ3n) is 9.73. The number of nitrogens with zero attached hydrogens (tertiary/aromatic N) is 1. The van der Waals surface area contributed by atoms with Gasteiger partial charge in [0.15, 0.2) is 0 Å². The zero-order chi connectivity index (χ0) is 30.6. The van der Waals surface area contributed by atoms with E-state index in [4.69, 9.17) is 0 Å². The molecule has 0 fully saturated rings. The van der Waals surface area contributed by atoms with E-state index in [-0.39, 0.29) is 0 Å². The molecule has 1 heteroatoms. The van der Waals surface area contributed by atoms with Crippen LogP contribution in [0.2, 0.25) is 0 Å². The highest BCUT2D eigenvalue weighted by Gasteiger charge is 2.16. The van der Waals surface area contributed by atoms with Gasteiger partial charge in [0.1, 0.15) is 0 Å². The van der Waals surface area contributed by atoms with E-state index >= 15 is 0 Å². The number of rotatable bonds is 4. The summed E-state index contributed by atoms with van der Waals surface area (Å²) in [5.41, 5.74) is 11.3. The summed E-state index contributed by atoms with van der Waals surface area (Å²) in [7, 11) is 0. The van der Waals surface area contributed by atoms with Crippen LogP contribution in [0, 0.1) is 5.92 Å². The molecule has 7 aromatic carbocycles. The Labute approximate surface area is 269 Å². The highest BCUT2D eigenvalue weighted by Crippen LogP contribution is 2.39. The number of para-hydroxylation sites is 1. The average Bonchev–Trinajstić information content (AvgIpc) is 3.45. The Bertz CT molecular complexity index is 2490. The third kappa shape index (κ3) is 4.39. The summed E-state index contributed by atoms with van der Waals surface area (Å²) in [6, 6.07) is 53.6. The molecule has 218 valence electrons. The molecule has 46 heavy (non-hydrogen) atoms. The van der Waals surface area contributed by atoms with Crippen molar-refractivity contribution in [3.05, 3.63) is 169 Å². The smallest absolute Gasteiger partial charge is 0.0541 e. The molecular formula is C45H33N. The second-order valence-corrected chi connectivity index (χ2v) is 12.7. The van der Waals surface area contributed by atoms with E-state index in [1.54, 1.807) is 0 Å². The summed E-state index contributed by atoms with van der Waals surface area (Å²) in [5.74, 6) is 0.559. The molecule has 0 aliphatic heterocycles. The van der Waals surface area contributed by atoms with Gasteiger partial charge in [-0.05, 0) is 110 Å². The molecule has 1 unspecified atom stereocenters. The summed E-state index contributed by atoms with van der Waals surface area (Å²) >= 11 is 0. The minimum Gasteiger partial charge on any atom is -0.309 e. The topological polar surface area (TPSA) is 4.93 Å². The molecule has 0 amide bonds. The van der Waals surface area contributed by atoms with Crippen molar-refractivity contribution in [3.63, 3.8) is 0 Å². The molecule has 0 N–H and O–H groups in total. The monoisotopic (exact) mass is 587 g/mol. The maximum absolute atomic E-state index is 2.41. The Balaban J connectivity index is 1.18. The third-order valence-corrected chi connectivity index (χ3v) is 9.73. The lowest BCUT2D eigenvalue weighted by Crippen LogP contribution is -1.97. The van der Waals surface area contributed by atoms with Crippen LogP contribution < -0.4 is 0 Å². The lowest BCUT2D eigenvalue weighted by atomic mass is 9.90. The minimum atomic E-state index is 0.559. The zero-order valence-corrected chi connectivity index (χ0v) is 25.8. The number of benzene rings is 7. The molecule has 0 bridgehead atoms. The quantitative estimate of drug-likeness (QED) is 0.181. The van der Waals surface area contributed by atoms with Gasteiger partial charge in [-0.15, -0.1) is 0 Å². The molecule has 0 saturated carbocycles. The van der Waals surface area contributed by atoms with Crippen LogP contribution in [0.5, 0.6) is 0 Å². The minimum absolute atomic E-state index is 0.559. The predicted octanol–water partition coefficient (Wildman–Crippen LogP) is 12.4. The summed E-state index contributed by atoms with van der Waals surface area (Å²) in [4.78, 5) is 0. The van der Waals surface area contributed by atoms with Gasteiger partial charge in [-0.3, -0.25) is 0 Å². The van der Waals surface area contributed by atoms with Crippen molar-refractivity contribution < 1.29 is 0 Å². The van der Waals surface area contributed by atoms with E-state index in [1.165, 1.54) is 82.4 Å². The Morgan fingerprint density at radius 3 is 1.87 bits per heavy atom. The number of allylic oxidation sites excluding steroid dienone is 4. The van der Waals surface area contributed by atoms with Gasteiger partial charge in [0, 0.05) is 16.5 Å². The first-order valence-electron chi connectivity index (χ1n) is 16.2. The molecule has 0 spiro atoms. The average molecular weight is 588 g/mol. The standard InChI is InChI=1S/C45H33N/c1-30-10-9-12-33(26-30)35-23-25-45-43(28-35)42-27-34(22-24-44(42)46(45)37-13-3-2-4-14-37)31-18-20-32(21-19-31)41-29-36-11-5-6-15-38(36)39-16-7-8-17-40(39)41/h2-25,27-30H,26H2,1H3. The van der Waals surface area contributed by atoms with Crippen LogP contribution in [-0.4, -0.2) is 4.57 Å². The van der Waals surface area contributed by atoms with Gasteiger partial charge in [0.2, 0.25) is 0 Å². The van der Waals surface area contributed by atoms with Gasteiger partial charge < -0.3 is 4.57 Å². The molecular weight excluding hydrogens is 555 g/mol. The van der Waals surface area contributed by atoms with Gasteiger partial charge in [0.05, 0.1) is 11.0 Å². The van der Waals surface area contributed by atoms with Crippen molar-refractivity contribution in [2.45, 2.75) is 13.3 Å². The van der Waals surface area contributed by atoms with Crippen LogP contribution in [0.1, 0.15) is 18.9 Å². The maximum atomic E-state index is 2.41. The lowest BCUT2D eigenvalue weighted by molar-refractivity contribution is 0.749. The number of aromatic nitrogens is 1. The first-order valence-corrected chi connectivity index (χ1v) is 16.2. The van der Waals surface area contributed by atoms with E-state index < -0.39 is 0 Å². The van der Waals surface area contributed by atoms with Crippen LogP contribution in [0.25, 0.3) is 76.9 Å². The second kappa shape index (κ2) is 10.8. The summed E-state index contributed by atoms with van der Waals surface area (Å²) in [6.45, 7) is 2.29. The summed E-state index contributed by atoms with van der Waals surface area (Å²) < 4.78 is 2.41. The molecule has 1 aromatic heterocycles. The van der Waals surface area contributed by atoms with E-state index in [2.05, 4.69) is 175 Å². The zero-order valence-electron chi connectivity index (χ0n) is 25.8. The lowest BCUT2D eigenvalue weighted by Gasteiger charge is -2.15. The second-order valence-electron chi connectivity index (χ2n) is 12.7. The summed E-state index contributed by atoms with van der Waals surface area (Å²) in [6.07, 6.45) is 7.86. The largest absolute Gasteiger partial charge is 0.309 e. The number of hydrogen-bond acceptors (Lipinski definition) is 0. The van der Waals surface area contributed by atoms with Crippen molar-refractivity contribution >= 4 is 48.9 Å². The Morgan fingerprint density at radius 2 is 1.11 bits per heavy atom. The molecule has 1 nitrogen and oxygen atoms in total. The van der Waals surface area contributed by atoms with Crippen LogP contribution >= 0.6 is 0 Å². The Kier molecular flexibility index (Phi) is 6.24. The number of fused-ring (bicyclic) bond motifs is 6. The van der Waals surface area contributed by atoms with Crippen molar-refractivity contribution in [1.82, 2.24) is 4.57 Å². The van der Waals surface area contributed by atoms with Crippen LogP contribution in [0.4, 0.5) is 0 Å². The fraction of sp³-hybridized carbons (Fsp3) is 0.0667.